The van der Waals surface area contributed by atoms with Crippen molar-refractivity contribution in [1.29, 1.82) is 0 Å². The lowest BCUT2D eigenvalue weighted by Gasteiger charge is -2.31. The van der Waals surface area contributed by atoms with Crippen LogP contribution in [0.3, 0.4) is 0 Å². The summed E-state index contributed by atoms with van der Waals surface area (Å²) >= 11 is 0. The van der Waals surface area contributed by atoms with E-state index in [1.165, 1.54) is 0 Å². The predicted octanol–water partition coefficient (Wildman–Crippen LogP) is 1.41. The Kier molecular flexibility index (Phi) is 8.06. The number of amides is 3. The summed E-state index contributed by atoms with van der Waals surface area (Å²) in [6.45, 7) is 4.06. The molecule has 1 heterocycles. The minimum absolute atomic E-state index is 0.0117. The van der Waals surface area contributed by atoms with Crippen molar-refractivity contribution in [2.75, 3.05) is 40.0 Å². The molecular weight excluding hydrogens is 350 g/mol. The first-order valence-corrected chi connectivity index (χ1v) is 9.15. The van der Waals surface area contributed by atoms with Crippen LogP contribution in [0.2, 0.25) is 0 Å². The van der Waals surface area contributed by atoms with Crippen LogP contribution in [0.4, 0.5) is 4.79 Å². The number of hydrogen-bond acceptors (Lipinski definition) is 5. The second-order valence-corrected chi connectivity index (χ2v) is 6.26. The monoisotopic (exact) mass is 377 g/mol. The molecule has 0 unspecified atom stereocenters. The molecule has 2 rings (SSSR count). The zero-order valence-corrected chi connectivity index (χ0v) is 15.8. The fourth-order valence-electron chi connectivity index (χ4n) is 2.86. The van der Waals surface area contributed by atoms with Gasteiger partial charge in [-0.25, -0.2) is 4.79 Å². The fourth-order valence-corrected chi connectivity index (χ4v) is 2.86. The van der Waals surface area contributed by atoms with Crippen LogP contribution < -0.4 is 10.6 Å². The lowest BCUT2D eigenvalue weighted by molar-refractivity contribution is 0.0859. The van der Waals surface area contributed by atoms with Gasteiger partial charge >= 0.3 is 6.09 Å². The van der Waals surface area contributed by atoms with Crippen LogP contribution in [0, 0.1) is 0 Å². The first-order valence-electron chi connectivity index (χ1n) is 9.15. The van der Waals surface area contributed by atoms with E-state index in [9.17, 15) is 14.4 Å². The molecule has 1 saturated heterocycles. The summed E-state index contributed by atoms with van der Waals surface area (Å²) < 4.78 is 9.89. The number of nitrogens with one attached hydrogen (secondary N) is 2. The molecule has 1 fully saturated rings. The van der Waals surface area contributed by atoms with Crippen LogP contribution in [-0.4, -0.2) is 68.8 Å². The van der Waals surface area contributed by atoms with Crippen molar-refractivity contribution in [2.45, 2.75) is 25.8 Å². The van der Waals surface area contributed by atoms with Crippen LogP contribution >= 0.6 is 0 Å². The van der Waals surface area contributed by atoms with Gasteiger partial charge in [0.1, 0.15) is 0 Å². The molecule has 0 bridgehead atoms. The Morgan fingerprint density at radius 1 is 1.15 bits per heavy atom. The molecule has 3 amide bonds. The number of nitrogens with zero attached hydrogens (tertiary/aromatic N) is 1. The third-order valence-electron chi connectivity index (χ3n) is 4.33. The van der Waals surface area contributed by atoms with E-state index >= 15 is 0 Å². The summed E-state index contributed by atoms with van der Waals surface area (Å²) in [5, 5.41) is 5.70. The van der Waals surface area contributed by atoms with Crippen molar-refractivity contribution in [3.63, 3.8) is 0 Å². The highest BCUT2D eigenvalue weighted by Gasteiger charge is 2.25. The van der Waals surface area contributed by atoms with Gasteiger partial charge in [0.2, 0.25) is 0 Å². The minimum atomic E-state index is -0.311. The highest BCUT2D eigenvalue weighted by atomic mass is 16.6. The van der Waals surface area contributed by atoms with E-state index in [2.05, 4.69) is 10.6 Å². The highest BCUT2D eigenvalue weighted by molar-refractivity contribution is 5.99. The molecule has 27 heavy (non-hydrogen) atoms. The molecule has 2 N–H and O–H groups in total. The smallest absolute Gasteiger partial charge is 0.409 e. The molecule has 1 aliphatic rings. The summed E-state index contributed by atoms with van der Waals surface area (Å²) in [7, 11) is 1.56. The van der Waals surface area contributed by atoms with E-state index in [4.69, 9.17) is 9.47 Å². The van der Waals surface area contributed by atoms with Crippen LogP contribution in [0.1, 0.15) is 40.5 Å². The number of piperidine rings is 1. The van der Waals surface area contributed by atoms with Crippen molar-refractivity contribution < 1.29 is 23.9 Å². The largest absolute Gasteiger partial charge is 0.450 e. The number of carbonyl (C=O) groups is 3. The summed E-state index contributed by atoms with van der Waals surface area (Å²) in [5.41, 5.74) is 0.859. The second-order valence-electron chi connectivity index (χ2n) is 6.26. The Morgan fingerprint density at radius 2 is 1.81 bits per heavy atom. The first-order chi connectivity index (χ1) is 13.0. The first kappa shape index (κ1) is 20.7. The number of carbonyl (C=O) groups excluding carboxylic acids is 3. The van der Waals surface area contributed by atoms with Crippen molar-refractivity contribution in [3.05, 3.63) is 35.4 Å². The van der Waals surface area contributed by atoms with E-state index < -0.39 is 0 Å². The van der Waals surface area contributed by atoms with Crippen molar-refractivity contribution >= 4 is 17.9 Å². The van der Waals surface area contributed by atoms with E-state index in [0.717, 1.165) is 0 Å². The maximum absolute atomic E-state index is 12.5. The third-order valence-corrected chi connectivity index (χ3v) is 4.33. The molecule has 0 atom stereocenters. The summed E-state index contributed by atoms with van der Waals surface area (Å²) in [5.74, 6) is -0.472. The van der Waals surface area contributed by atoms with Gasteiger partial charge in [-0.15, -0.1) is 0 Å². The number of methoxy groups -OCH3 is 1. The second kappa shape index (κ2) is 10.5. The van der Waals surface area contributed by atoms with E-state index in [1.807, 2.05) is 0 Å². The van der Waals surface area contributed by atoms with Gasteiger partial charge in [-0.05, 0) is 38.0 Å². The van der Waals surface area contributed by atoms with Gasteiger partial charge in [-0.3, -0.25) is 9.59 Å². The average Bonchev–Trinajstić information content (AvgIpc) is 2.69. The predicted molar refractivity (Wildman–Crippen MR) is 99.7 cm³/mol. The molecule has 1 aliphatic heterocycles. The molecule has 0 aromatic heterocycles. The summed E-state index contributed by atoms with van der Waals surface area (Å²) in [6.07, 6.45) is 1.03. The molecule has 148 valence electrons. The molecule has 8 heteroatoms. The maximum atomic E-state index is 12.5. The Morgan fingerprint density at radius 3 is 2.44 bits per heavy atom. The van der Waals surface area contributed by atoms with E-state index in [1.54, 1.807) is 43.2 Å². The summed E-state index contributed by atoms with van der Waals surface area (Å²) in [4.78, 5) is 38.0. The van der Waals surface area contributed by atoms with Crippen LogP contribution in [-0.2, 0) is 9.47 Å². The van der Waals surface area contributed by atoms with Crippen molar-refractivity contribution in [2.24, 2.45) is 0 Å². The molecular formula is C19H27N3O5. The number of hydrogen-bond donors (Lipinski definition) is 2. The average molecular weight is 377 g/mol. The van der Waals surface area contributed by atoms with Gasteiger partial charge in [0.25, 0.3) is 11.8 Å². The lowest BCUT2D eigenvalue weighted by Crippen LogP contribution is -2.46. The van der Waals surface area contributed by atoms with Crippen LogP contribution in [0.25, 0.3) is 0 Å². The zero-order chi connectivity index (χ0) is 19.6. The van der Waals surface area contributed by atoms with Gasteiger partial charge in [-0.2, -0.15) is 0 Å². The fraction of sp³-hybridized carbons (Fsp3) is 0.526. The quantitative estimate of drug-likeness (QED) is 0.701. The molecule has 1 aromatic carbocycles. The number of benzene rings is 1. The molecule has 0 aliphatic carbocycles. The molecule has 0 spiro atoms. The summed E-state index contributed by atoms with van der Waals surface area (Å²) in [6, 6.07) is 6.59. The van der Waals surface area contributed by atoms with E-state index in [0.29, 0.717) is 56.8 Å². The molecule has 0 radical (unpaired) electrons. The number of ether oxygens (including phenoxy) is 2. The standard InChI is InChI=1S/C19H27N3O5/c1-3-27-19(25)22-10-7-16(8-11-22)21-18(24)15-6-4-5-14(13-15)17(23)20-9-12-26-2/h4-6,13,16H,3,7-12H2,1-2H3,(H,20,23)(H,21,24). The van der Waals surface area contributed by atoms with Gasteiger partial charge in [0.05, 0.1) is 13.2 Å². The van der Waals surface area contributed by atoms with Gasteiger partial charge < -0.3 is 25.0 Å². The highest BCUT2D eigenvalue weighted by Crippen LogP contribution is 2.13. The van der Waals surface area contributed by atoms with Crippen LogP contribution in [0.15, 0.2) is 24.3 Å². The SMILES string of the molecule is CCOC(=O)N1CCC(NC(=O)c2cccc(C(=O)NCCOC)c2)CC1. The topological polar surface area (TPSA) is 97.0 Å². The Balaban J connectivity index is 1.87. The maximum Gasteiger partial charge on any atom is 0.409 e. The number of likely N-dealkylation sites (tertiary alicyclic amines) is 1. The number of rotatable bonds is 7. The van der Waals surface area contributed by atoms with Crippen molar-refractivity contribution in [3.8, 4) is 0 Å². The lowest BCUT2D eigenvalue weighted by atomic mass is 10.0. The Hall–Kier alpha value is -2.61. The van der Waals surface area contributed by atoms with Crippen LogP contribution in [0.5, 0.6) is 0 Å². The van der Waals surface area contributed by atoms with E-state index in [-0.39, 0.29) is 23.9 Å². The third kappa shape index (κ3) is 6.25. The van der Waals surface area contributed by atoms with Gasteiger partial charge in [0, 0.05) is 43.9 Å². The zero-order valence-electron chi connectivity index (χ0n) is 15.8. The molecule has 1 aromatic rings. The normalized spacial score (nSPS) is 14.5. The van der Waals surface area contributed by atoms with Gasteiger partial charge in [-0.1, -0.05) is 6.07 Å². The molecule has 8 nitrogen and oxygen atoms in total. The van der Waals surface area contributed by atoms with Gasteiger partial charge in [0.15, 0.2) is 0 Å². The van der Waals surface area contributed by atoms with Crippen molar-refractivity contribution in [1.82, 2.24) is 15.5 Å². The molecule has 0 saturated carbocycles. The Bertz CT molecular complexity index is 657. The minimum Gasteiger partial charge on any atom is -0.450 e. The Labute approximate surface area is 159 Å².